The number of aromatic nitrogens is 2. The predicted octanol–water partition coefficient (Wildman–Crippen LogP) is 2.69. The molecule has 0 spiro atoms. The lowest BCUT2D eigenvalue weighted by molar-refractivity contribution is -0.132. The van der Waals surface area contributed by atoms with Gasteiger partial charge >= 0.3 is 5.76 Å². The van der Waals surface area contributed by atoms with Crippen molar-refractivity contribution in [1.29, 1.82) is 0 Å². The largest absolute Gasteiger partial charge is 0.420 e. The highest BCUT2D eigenvalue weighted by Crippen LogP contribution is 2.29. The van der Waals surface area contributed by atoms with Gasteiger partial charge in [-0.1, -0.05) is 23.5 Å². The zero-order valence-corrected chi connectivity index (χ0v) is 16.2. The molecule has 9 heteroatoms. The van der Waals surface area contributed by atoms with Gasteiger partial charge in [-0.25, -0.2) is 14.2 Å². The van der Waals surface area contributed by atoms with Crippen molar-refractivity contribution in [3.05, 3.63) is 58.8 Å². The van der Waals surface area contributed by atoms with Crippen LogP contribution in [-0.4, -0.2) is 46.5 Å². The molecule has 3 heterocycles. The van der Waals surface area contributed by atoms with Gasteiger partial charge in [-0.15, -0.1) is 0 Å². The smallest absolute Gasteiger partial charge is 0.408 e. The molecule has 1 aliphatic heterocycles. The van der Waals surface area contributed by atoms with Crippen LogP contribution in [0.4, 0.5) is 9.52 Å². The molecule has 29 heavy (non-hydrogen) atoms. The van der Waals surface area contributed by atoms with Crippen LogP contribution in [0.2, 0.25) is 0 Å². The quantitative estimate of drug-likeness (QED) is 0.517. The Morgan fingerprint density at radius 3 is 2.76 bits per heavy atom. The summed E-state index contributed by atoms with van der Waals surface area (Å²) in [6.45, 7) is 2.29. The van der Waals surface area contributed by atoms with Gasteiger partial charge in [0.2, 0.25) is 5.91 Å². The van der Waals surface area contributed by atoms with Gasteiger partial charge in [0.1, 0.15) is 12.4 Å². The highest BCUT2D eigenvalue weighted by molar-refractivity contribution is 7.22. The van der Waals surface area contributed by atoms with Crippen molar-refractivity contribution in [3.63, 3.8) is 0 Å². The van der Waals surface area contributed by atoms with Crippen LogP contribution in [0.5, 0.6) is 0 Å². The molecule has 1 fully saturated rings. The van der Waals surface area contributed by atoms with Crippen LogP contribution in [0.1, 0.15) is 0 Å². The van der Waals surface area contributed by atoms with E-state index in [4.69, 9.17) is 4.42 Å². The van der Waals surface area contributed by atoms with Crippen molar-refractivity contribution in [3.8, 4) is 0 Å². The average molecular weight is 412 g/mol. The third-order valence-corrected chi connectivity index (χ3v) is 6.19. The van der Waals surface area contributed by atoms with Crippen molar-refractivity contribution in [2.45, 2.75) is 6.54 Å². The van der Waals surface area contributed by atoms with E-state index >= 15 is 0 Å². The Balaban J connectivity index is 1.27. The highest BCUT2D eigenvalue weighted by Gasteiger charge is 2.24. The van der Waals surface area contributed by atoms with Crippen molar-refractivity contribution in [2.75, 3.05) is 31.1 Å². The van der Waals surface area contributed by atoms with E-state index in [1.165, 1.54) is 28.0 Å². The van der Waals surface area contributed by atoms with Crippen molar-refractivity contribution < 1.29 is 13.6 Å². The second-order valence-electron chi connectivity index (χ2n) is 6.90. The summed E-state index contributed by atoms with van der Waals surface area (Å²) in [4.78, 5) is 33.2. The molecule has 148 valence electrons. The minimum atomic E-state index is -0.528. The van der Waals surface area contributed by atoms with Gasteiger partial charge < -0.3 is 14.2 Å². The third-order valence-electron chi connectivity index (χ3n) is 5.11. The molecule has 7 nitrogen and oxygen atoms in total. The maximum atomic E-state index is 13.4. The fourth-order valence-electron chi connectivity index (χ4n) is 3.57. The molecular formula is C20H17FN4O3S. The summed E-state index contributed by atoms with van der Waals surface area (Å²) < 4.78 is 20.8. The Hall–Kier alpha value is -3.20. The number of anilines is 1. The third kappa shape index (κ3) is 3.27. The Morgan fingerprint density at radius 1 is 1.14 bits per heavy atom. The first-order valence-electron chi connectivity index (χ1n) is 9.26. The Kier molecular flexibility index (Phi) is 4.31. The van der Waals surface area contributed by atoms with Crippen LogP contribution in [0.3, 0.4) is 0 Å². The van der Waals surface area contributed by atoms with E-state index < -0.39 is 5.76 Å². The fraction of sp³-hybridized carbons (Fsp3) is 0.250. The normalized spacial score (nSPS) is 14.8. The molecule has 0 saturated carbocycles. The average Bonchev–Trinajstić information content (AvgIpc) is 3.29. The van der Waals surface area contributed by atoms with Crippen LogP contribution in [-0.2, 0) is 11.3 Å². The van der Waals surface area contributed by atoms with E-state index in [-0.39, 0.29) is 18.3 Å². The molecule has 0 radical (unpaired) electrons. The Morgan fingerprint density at radius 2 is 1.93 bits per heavy atom. The summed E-state index contributed by atoms with van der Waals surface area (Å²) >= 11 is 1.45. The summed E-state index contributed by atoms with van der Waals surface area (Å²) in [7, 11) is 0. The molecule has 0 unspecified atom stereocenters. The molecule has 1 amide bonds. The fourth-order valence-corrected chi connectivity index (χ4v) is 4.61. The molecule has 5 rings (SSSR count). The number of carbonyl (C=O) groups is 1. The maximum absolute atomic E-state index is 13.4. The van der Waals surface area contributed by atoms with E-state index in [0.717, 1.165) is 15.3 Å². The number of amides is 1. The SMILES string of the molecule is O=C(Cn1c(=O)oc2ccccc21)N1CCN(c2nc3ccc(F)cc3s2)CC1. The molecular weight excluding hydrogens is 395 g/mol. The van der Waals surface area contributed by atoms with Gasteiger partial charge in [0.05, 0.1) is 15.7 Å². The lowest BCUT2D eigenvalue weighted by atomic mass is 10.3. The summed E-state index contributed by atoms with van der Waals surface area (Å²) in [5.41, 5.74) is 1.87. The molecule has 1 aliphatic rings. The number of hydrogen-bond donors (Lipinski definition) is 0. The first-order chi connectivity index (χ1) is 14.1. The number of thiazole rings is 1. The number of oxazole rings is 1. The lowest BCUT2D eigenvalue weighted by Crippen LogP contribution is -2.50. The molecule has 1 saturated heterocycles. The standard InChI is InChI=1S/C20H17FN4O3S/c21-13-5-6-14-17(11-13)29-19(22-14)24-9-7-23(8-10-24)18(26)12-25-15-3-1-2-4-16(15)28-20(25)27/h1-6,11H,7-10,12H2. The van der Waals surface area contributed by atoms with E-state index in [0.29, 0.717) is 37.3 Å². The van der Waals surface area contributed by atoms with Crippen molar-refractivity contribution >= 4 is 43.7 Å². The maximum Gasteiger partial charge on any atom is 0.420 e. The predicted molar refractivity (Wildman–Crippen MR) is 109 cm³/mol. The van der Waals surface area contributed by atoms with Crippen LogP contribution >= 0.6 is 11.3 Å². The van der Waals surface area contributed by atoms with Gasteiger partial charge in [-0.2, -0.15) is 0 Å². The first-order valence-corrected chi connectivity index (χ1v) is 10.1. The number of nitrogens with zero attached hydrogens (tertiary/aromatic N) is 4. The number of fused-ring (bicyclic) bond motifs is 2. The molecule has 0 bridgehead atoms. The van der Waals surface area contributed by atoms with Gasteiger partial charge in [-0.05, 0) is 30.3 Å². The summed E-state index contributed by atoms with van der Waals surface area (Å²) in [5.74, 6) is -0.922. The number of carbonyl (C=O) groups excluding carboxylic acids is 1. The second-order valence-corrected chi connectivity index (χ2v) is 7.91. The number of rotatable bonds is 3. The van der Waals surface area contributed by atoms with Gasteiger partial charge in [-0.3, -0.25) is 9.36 Å². The van der Waals surface area contributed by atoms with Crippen molar-refractivity contribution in [1.82, 2.24) is 14.5 Å². The number of benzene rings is 2. The van der Waals surface area contributed by atoms with E-state index in [1.54, 1.807) is 35.2 Å². The Bertz CT molecular complexity index is 1270. The lowest BCUT2D eigenvalue weighted by Gasteiger charge is -2.34. The van der Waals surface area contributed by atoms with E-state index in [2.05, 4.69) is 9.88 Å². The number of hydrogen-bond acceptors (Lipinski definition) is 6. The van der Waals surface area contributed by atoms with Crippen LogP contribution < -0.4 is 10.7 Å². The minimum Gasteiger partial charge on any atom is -0.408 e. The highest BCUT2D eigenvalue weighted by atomic mass is 32.1. The zero-order chi connectivity index (χ0) is 20.0. The summed E-state index contributed by atoms with van der Waals surface area (Å²) in [5, 5.41) is 0.828. The van der Waals surface area contributed by atoms with Gasteiger partial charge in [0.25, 0.3) is 0 Å². The van der Waals surface area contributed by atoms with E-state index in [1.807, 2.05) is 0 Å². The van der Waals surface area contributed by atoms with Crippen LogP contribution in [0.25, 0.3) is 21.3 Å². The molecule has 0 aliphatic carbocycles. The molecule has 2 aromatic carbocycles. The number of halogens is 1. The summed E-state index contributed by atoms with van der Waals surface area (Å²) in [6, 6.07) is 11.6. The molecule has 2 aromatic heterocycles. The number of para-hydroxylation sites is 2. The summed E-state index contributed by atoms with van der Waals surface area (Å²) in [6.07, 6.45) is 0. The second kappa shape index (κ2) is 7.00. The van der Waals surface area contributed by atoms with Crippen LogP contribution in [0, 0.1) is 5.82 Å². The van der Waals surface area contributed by atoms with Crippen molar-refractivity contribution in [2.24, 2.45) is 0 Å². The monoisotopic (exact) mass is 412 g/mol. The number of piperazine rings is 1. The zero-order valence-electron chi connectivity index (χ0n) is 15.4. The Labute approximate surface area is 168 Å². The molecule has 0 N–H and O–H groups in total. The van der Waals surface area contributed by atoms with Gasteiger partial charge in [0.15, 0.2) is 10.7 Å². The van der Waals surface area contributed by atoms with Gasteiger partial charge in [0, 0.05) is 26.2 Å². The topological polar surface area (TPSA) is 71.6 Å². The van der Waals surface area contributed by atoms with E-state index in [9.17, 15) is 14.0 Å². The first kappa shape index (κ1) is 17.9. The minimum absolute atomic E-state index is 0.0454. The molecule has 0 atom stereocenters. The van der Waals surface area contributed by atoms with Crippen LogP contribution in [0.15, 0.2) is 51.7 Å². The molecule has 4 aromatic rings.